The molecule has 1 unspecified atom stereocenters. The molecule has 0 radical (unpaired) electrons. The zero-order chi connectivity index (χ0) is 13.9. The average Bonchev–Trinajstić information content (AvgIpc) is 2.43. The number of halogens is 1. The van der Waals surface area contributed by atoms with Crippen LogP contribution in [0.25, 0.3) is 0 Å². The van der Waals surface area contributed by atoms with Gasteiger partial charge in [-0.25, -0.2) is 4.39 Å². The molecule has 1 N–H and O–H groups in total. The highest BCUT2D eigenvalue weighted by Crippen LogP contribution is 2.17. The molecular formula is C15H24FNO2. The maximum atomic E-state index is 13.8. The summed E-state index contributed by atoms with van der Waals surface area (Å²) < 4.78 is 24.5. The number of hydrogen-bond acceptors (Lipinski definition) is 3. The van der Waals surface area contributed by atoms with Gasteiger partial charge in [-0.2, -0.15) is 0 Å². The lowest BCUT2D eigenvalue weighted by molar-refractivity contribution is 0.0430. The molecule has 108 valence electrons. The Labute approximate surface area is 115 Å². The zero-order valence-corrected chi connectivity index (χ0v) is 11.8. The molecule has 1 atom stereocenters. The summed E-state index contributed by atoms with van der Waals surface area (Å²) in [7, 11) is 0. The van der Waals surface area contributed by atoms with Gasteiger partial charge in [0.2, 0.25) is 0 Å². The van der Waals surface area contributed by atoms with E-state index in [9.17, 15) is 4.39 Å². The molecule has 1 aromatic rings. The number of nitrogens with one attached hydrogen (secondary N) is 1. The smallest absolute Gasteiger partial charge is 0.128 e. The van der Waals surface area contributed by atoms with Gasteiger partial charge < -0.3 is 14.8 Å². The van der Waals surface area contributed by atoms with Crippen LogP contribution in [0.4, 0.5) is 4.39 Å². The van der Waals surface area contributed by atoms with Crippen LogP contribution >= 0.6 is 0 Å². The third kappa shape index (κ3) is 6.14. The van der Waals surface area contributed by atoms with E-state index in [-0.39, 0.29) is 11.9 Å². The fourth-order valence-corrected chi connectivity index (χ4v) is 1.80. The first-order chi connectivity index (χ1) is 9.29. The van der Waals surface area contributed by atoms with E-state index in [4.69, 9.17) is 9.47 Å². The van der Waals surface area contributed by atoms with Crippen molar-refractivity contribution in [2.75, 3.05) is 33.0 Å². The van der Waals surface area contributed by atoms with E-state index in [0.29, 0.717) is 32.0 Å². The molecule has 0 amide bonds. The lowest BCUT2D eigenvalue weighted by atomic mass is 10.1. The fraction of sp³-hybridized carbons (Fsp3) is 0.600. The maximum absolute atomic E-state index is 13.8. The first-order valence-electron chi connectivity index (χ1n) is 6.92. The summed E-state index contributed by atoms with van der Waals surface area (Å²) in [6.07, 6.45) is 1.00. The first-order valence-corrected chi connectivity index (χ1v) is 6.92. The third-order valence-electron chi connectivity index (χ3n) is 2.78. The molecule has 19 heavy (non-hydrogen) atoms. The van der Waals surface area contributed by atoms with Crippen LogP contribution in [0.15, 0.2) is 24.3 Å². The monoisotopic (exact) mass is 269 g/mol. The van der Waals surface area contributed by atoms with Crippen LogP contribution in [0.5, 0.6) is 0 Å². The molecule has 1 rings (SSSR count). The summed E-state index contributed by atoms with van der Waals surface area (Å²) in [6.45, 7) is 7.13. The summed E-state index contributed by atoms with van der Waals surface area (Å²) >= 11 is 0. The number of ether oxygens (including phenoxy) is 2. The second-order valence-electron chi connectivity index (χ2n) is 4.30. The van der Waals surface area contributed by atoms with Gasteiger partial charge in [-0.15, -0.1) is 0 Å². The number of benzene rings is 1. The lowest BCUT2D eigenvalue weighted by Crippen LogP contribution is -2.27. The summed E-state index contributed by atoms with van der Waals surface area (Å²) in [5.74, 6) is -0.190. The molecule has 0 heterocycles. The standard InChI is InChI=1S/C15H24FNO2/c1-3-9-17-15(12-19-11-10-18-4-2)13-7-5-6-8-14(13)16/h5-8,15,17H,3-4,9-12H2,1-2H3. The highest BCUT2D eigenvalue weighted by molar-refractivity contribution is 5.21. The first kappa shape index (κ1) is 16.1. The summed E-state index contributed by atoms with van der Waals surface area (Å²) in [4.78, 5) is 0. The average molecular weight is 269 g/mol. The molecule has 0 aliphatic carbocycles. The summed E-state index contributed by atoms with van der Waals surface area (Å²) in [5, 5.41) is 3.31. The van der Waals surface area contributed by atoms with Gasteiger partial charge in [0.25, 0.3) is 0 Å². The van der Waals surface area contributed by atoms with Crippen LogP contribution in [-0.2, 0) is 9.47 Å². The van der Waals surface area contributed by atoms with Crippen molar-refractivity contribution in [2.24, 2.45) is 0 Å². The molecule has 0 aliphatic rings. The van der Waals surface area contributed by atoms with Gasteiger partial charge in [0, 0.05) is 12.2 Å². The van der Waals surface area contributed by atoms with Crippen molar-refractivity contribution in [1.82, 2.24) is 5.32 Å². The van der Waals surface area contributed by atoms with E-state index in [1.54, 1.807) is 12.1 Å². The quantitative estimate of drug-likeness (QED) is 0.662. The second kappa shape index (κ2) is 9.89. The van der Waals surface area contributed by atoms with Crippen molar-refractivity contribution >= 4 is 0 Å². The second-order valence-corrected chi connectivity index (χ2v) is 4.30. The Hall–Kier alpha value is -0.970. The SMILES string of the molecule is CCCNC(COCCOCC)c1ccccc1F. The van der Waals surface area contributed by atoms with E-state index in [0.717, 1.165) is 13.0 Å². The highest BCUT2D eigenvalue weighted by atomic mass is 19.1. The Morgan fingerprint density at radius 2 is 1.89 bits per heavy atom. The highest BCUT2D eigenvalue weighted by Gasteiger charge is 2.14. The van der Waals surface area contributed by atoms with E-state index >= 15 is 0 Å². The van der Waals surface area contributed by atoms with E-state index < -0.39 is 0 Å². The zero-order valence-electron chi connectivity index (χ0n) is 11.8. The van der Waals surface area contributed by atoms with Crippen LogP contribution in [-0.4, -0.2) is 33.0 Å². The van der Waals surface area contributed by atoms with Gasteiger partial charge in [-0.1, -0.05) is 25.1 Å². The predicted molar refractivity (Wildman–Crippen MR) is 74.7 cm³/mol. The lowest BCUT2D eigenvalue weighted by Gasteiger charge is -2.19. The van der Waals surface area contributed by atoms with Crippen LogP contribution < -0.4 is 5.32 Å². The Balaban J connectivity index is 2.49. The van der Waals surface area contributed by atoms with Crippen LogP contribution in [0.2, 0.25) is 0 Å². The molecule has 0 fully saturated rings. The van der Waals surface area contributed by atoms with Crippen molar-refractivity contribution in [2.45, 2.75) is 26.3 Å². The molecule has 0 aliphatic heterocycles. The fourth-order valence-electron chi connectivity index (χ4n) is 1.80. The van der Waals surface area contributed by atoms with Crippen LogP contribution in [0, 0.1) is 5.82 Å². The van der Waals surface area contributed by atoms with E-state index in [1.807, 2.05) is 13.0 Å². The number of hydrogen-bond donors (Lipinski definition) is 1. The van der Waals surface area contributed by atoms with Crippen molar-refractivity contribution < 1.29 is 13.9 Å². The molecule has 3 nitrogen and oxygen atoms in total. The largest absolute Gasteiger partial charge is 0.379 e. The summed E-state index contributed by atoms with van der Waals surface area (Å²) in [6, 6.07) is 6.72. The molecular weight excluding hydrogens is 245 g/mol. The van der Waals surface area contributed by atoms with Gasteiger partial charge in [0.15, 0.2) is 0 Å². The molecule has 1 aromatic carbocycles. The summed E-state index contributed by atoms with van der Waals surface area (Å²) in [5.41, 5.74) is 0.660. The van der Waals surface area contributed by atoms with E-state index in [1.165, 1.54) is 6.07 Å². The molecule has 0 aromatic heterocycles. The van der Waals surface area contributed by atoms with Gasteiger partial charge in [0.05, 0.1) is 25.9 Å². The van der Waals surface area contributed by atoms with Gasteiger partial charge in [-0.05, 0) is 26.0 Å². The minimum atomic E-state index is -0.190. The van der Waals surface area contributed by atoms with Gasteiger partial charge >= 0.3 is 0 Å². The molecule has 4 heteroatoms. The molecule has 0 bridgehead atoms. The third-order valence-corrected chi connectivity index (χ3v) is 2.78. The van der Waals surface area contributed by atoms with Crippen molar-refractivity contribution in [3.05, 3.63) is 35.6 Å². The number of rotatable bonds is 10. The topological polar surface area (TPSA) is 30.5 Å². The Morgan fingerprint density at radius 1 is 1.16 bits per heavy atom. The molecule has 0 saturated heterocycles. The van der Waals surface area contributed by atoms with Gasteiger partial charge in [-0.3, -0.25) is 0 Å². The Bertz CT molecular complexity index is 347. The minimum Gasteiger partial charge on any atom is -0.379 e. The molecule has 0 spiro atoms. The van der Waals surface area contributed by atoms with Crippen molar-refractivity contribution in [1.29, 1.82) is 0 Å². The van der Waals surface area contributed by atoms with Gasteiger partial charge in [0.1, 0.15) is 5.82 Å². The maximum Gasteiger partial charge on any atom is 0.128 e. The van der Waals surface area contributed by atoms with Crippen LogP contribution in [0.3, 0.4) is 0 Å². The Kier molecular flexibility index (Phi) is 8.38. The minimum absolute atomic E-state index is 0.109. The van der Waals surface area contributed by atoms with Crippen LogP contribution in [0.1, 0.15) is 31.9 Å². The van der Waals surface area contributed by atoms with Crippen molar-refractivity contribution in [3.8, 4) is 0 Å². The van der Waals surface area contributed by atoms with Crippen molar-refractivity contribution in [3.63, 3.8) is 0 Å². The molecule has 0 saturated carbocycles. The van der Waals surface area contributed by atoms with E-state index in [2.05, 4.69) is 12.2 Å². The normalized spacial score (nSPS) is 12.6. The Morgan fingerprint density at radius 3 is 2.58 bits per heavy atom. The predicted octanol–water partition coefficient (Wildman–Crippen LogP) is 2.92.